The molecule has 0 spiro atoms. The molecule has 0 aliphatic carbocycles. The fourth-order valence-electron chi connectivity index (χ4n) is 1.15. The van der Waals surface area contributed by atoms with Crippen LogP contribution in [0.2, 0.25) is 0 Å². The molecule has 14 heavy (non-hydrogen) atoms. The average molecular weight is 190 g/mol. The van der Waals surface area contributed by atoms with Crippen LogP contribution in [0.15, 0.2) is 12.1 Å². The fourth-order valence-corrected chi connectivity index (χ4v) is 1.15. The highest BCUT2D eigenvalue weighted by Gasteiger charge is 2.22. The van der Waals surface area contributed by atoms with E-state index in [1.54, 1.807) is 12.1 Å². The number of aromatic nitrogens is 1. The molecule has 4 nitrogen and oxygen atoms in total. The van der Waals surface area contributed by atoms with E-state index in [9.17, 15) is 0 Å². The number of nitrogens with zero attached hydrogens (tertiary/aromatic N) is 2. The highest BCUT2D eigenvalue weighted by atomic mass is 16.6. The maximum absolute atomic E-state index is 8.81. The molecule has 1 saturated heterocycles. The van der Waals surface area contributed by atoms with Gasteiger partial charge in [0, 0.05) is 5.69 Å². The molecular formula is C10H10N2O2. The zero-order valence-corrected chi connectivity index (χ0v) is 7.86. The Morgan fingerprint density at radius 2 is 2.36 bits per heavy atom. The van der Waals surface area contributed by atoms with E-state index in [-0.39, 0.29) is 6.10 Å². The second kappa shape index (κ2) is 3.64. The minimum atomic E-state index is 0.0522. The van der Waals surface area contributed by atoms with Crippen molar-refractivity contribution < 1.29 is 9.47 Å². The Balaban J connectivity index is 2.21. The van der Waals surface area contributed by atoms with Crippen molar-refractivity contribution in [3.8, 4) is 11.9 Å². The van der Waals surface area contributed by atoms with Gasteiger partial charge in [-0.2, -0.15) is 5.26 Å². The quantitative estimate of drug-likeness (QED) is 0.699. The van der Waals surface area contributed by atoms with Gasteiger partial charge in [0.25, 0.3) is 0 Å². The fraction of sp³-hybridized carbons (Fsp3) is 0.400. The van der Waals surface area contributed by atoms with Crippen molar-refractivity contribution >= 4 is 0 Å². The van der Waals surface area contributed by atoms with Crippen molar-refractivity contribution in [2.24, 2.45) is 0 Å². The molecule has 1 aliphatic rings. The standard InChI is InChI=1S/C10H10N2O2/c1-7-2-3-8(4-11)10(12-7)14-9-5-13-6-9/h2-3,9H,5-6H2,1H3. The molecule has 1 aromatic rings. The molecule has 0 aromatic carbocycles. The van der Waals surface area contributed by atoms with E-state index in [4.69, 9.17) is 14.7 Å². The van der Waals surface area contributed by atoms with Crippen LogP contribution in [-0.4, -0.2) is 24.3 Å². The summed E-state index contributed by atoms with van der Waals surface area (Å²) in [6, 6.07) is 5.56. The van der Waals surface area contributed by atoms with E-state index in [0.29, 0.717) is 24.7 Å². The molecule has 0 saturated carbocycles. The minimum absolute atomic E-state index is 0.0522. The number of aryl methyl sites for hydroxylation is 1. The molecule has 0 N–H and O–H groups in total. The molecule has 1 aromatic heterocycles. The molecule has 0 bridgehead atoms. The van der Waals surface area contributed by atoms with Crippen molar-refractivity contribution in [1.29, 1.82) is 5.26 Å². The first-order chi connectivity index (χ1) is 6.79. The van der Waals surface area contributed by atoms with E-state index >= 15 is 0 Å². The highest BCUT2D eigenvalue weighted by Crippen LogP contribution is 2.18. The lowest BCUT2D eigenvalue weighted by atomic mass is 10.2. The molecule has 2 heterocycles. The van der Waals surface area contributed by atoms with Crippen molar-refractivity contribution in [3.63, 3.8) is 0 Å². The normalized spacial score (nSPS) is 15.7. The number of hydrogen-bond donors (Lipinski definition) is 0. The van der Waals surface area contributed by atoms with Crippen LogP contribution in [0.3, 0.4) is 0 Å². The Bertz CT molecular complexity index is 380. The lowest BCUT2D eigenvalue weighted by Gasteiger charge is -2.26. The Kier molecular flexibility index (Phi) is 2.33. The summed E-state index contributed by atoms with van der Waals surface area (Å²) in [5.41, 5.74) is 1.32. The van der Waals surface area contributed by atoms with Gasteiger partial charge in [-0.15, -0.1) is 0 Å². The van der Waals surface area contributed by atoms with Crippen LogP contribution in [0.5, 0.6) is 5.88 Å². The molecule has 1 fully saturated rings. The monoisotopic (exact) mass is 190 g/mol. The summed E-state index contributed by atoms with van der Waals surface area (Å²) in [7, 11) is 0. The predicted molar refractivity (Wildman–Crippen MR) is 48.9 cm³/mol. The summed E-state index contributed by atoms with van der Waals surface area (Å²) >= 11 is 0. The Morgan fingerprint density at radius 3 is 2.93 bits per heavy atom. The Morgan fingerprint density at radius 1 is 1.57 bits per heavy atom. The van der Waals surface area contributed by atoms with Gasteiger partial charge in [-0.3, -0.25) is 0 Å². The molecule has 0 amide bonds. The first-order valence-electron chi connectivity index (χ1n) is 4.42. The second-order valence-electron chi connectivity index (χ2n) is 3.19. The van der Waals surface area contributed by atoms with E-state index in [1.807, 2.05) is 13.0 Å². The first-order valence-corrected chi connectivity index (χ1v) is 4.42. The maximum atomic E-state index is 8.81. The van der Waals surface area contributed by atoms with Gasteiger partial charge in [-0.05, 0) is 19.1 Å². The summed E-state index contributed by atoms with van der Waals surface area (Å²) in [4.78, 5) is 4.17. The van der Waals surface area contributed by atoms with Crippen molar-refractivity contribution in [3.05, 3.63) is 23.4 Å². The Labute approximate surface area is 82.1 Å². The maximum Gasteiger partial charge on any atom is 0.232 e. The van der Waals surface area contributed by atoms with Crippen molar-refractivity contribution in [2.45, 2.75) is 13.0 Å². The third-order valence-electron chi connectivity index (χ3n) is 2.01. The summed E-state index contributed by atoms with van der Waals surface area (Å²) in [6.45, 7) is 3.03. The number of pyridine rings is 1. The van der Waals surface area contributed by atoms with Crippen LogP contribution in [0, 0.1) is 18.3 Å². The third-order valence-corrected chi connectivity index (χ3v) is 2.01. The lowest BCUT2D eigenvalue weighted by molar-refractivity contribution is -0.0814. The van der Waals surface area contributed by atoms with Gasteiger partial charge in [0.2, 0.25) is 5.88 Å². The van der Waals surface area contributed by atoms with Crippen LogP contribution in [0.25, 0.3) is 0 Å². The van der Waals surface area contributed by atoms with Gasteiger partial charge in [-0.25, -0.2) is 4.98 Å². The van der Waals surface area contributed by atoms with Gasteiger partial charge in [-0.1, -0.05) is 0 Å². The molecule has 4 heteroatoms. The van der Waals surface area contributed by atoms with Gasteiger partial charge in [0.05, 0.1) is 13.2 Å². The zero-order valence-electron chi connectivity index (χ0n) is 7.86. The smallest absolute Gasteiger partial charge is 0.232 e. The van der Waals surface area contributed by atoms with Gasteiger partial charge < -0.3 is 9.47 Å². The number of rotatable bonds is 2. The van der Waals surface area contributed by atoms with Crippen LogP contribution >= 0.6 is 0 Å². The topological polar surface area (TPSA) is 55.1 Å². The average Bonchev–Trinajstić information content (AvgIpc) is 2.12. The molecule has 0 atom stereocenters. The van der Waals surface area contributed by atoms with E-state index in [2.05, 4.69) is 4.98 Å². The van der Waals surface area contributed by atoms with E-state index in [0.717, 1.165) is 5.69 Å². The molecule has 0 unspecified atom stereocenters. The summed E-state index contributed by atoms with van der Waals surface area (Å²) in [5, 5.41) is 8.81. The molecular weight excluding hydrogens is 180 g/mol. The molecule has 1 aliphatic heterocycles. The van der Waals surface area contributed by atoms with Crippen LogP contribution in [0.1, 0.15) is 11.3 Å². The number of nitriles is 1. The summed E-state index contributed by atoms with van der Waals surface area (Å²) in [5.74, 6) is 0.417. The Hall–Kier alpha value is -1.60. The zero-order chi connectivity index (χ0) is 9.97. The van der Waals surface area contributed by atoms with Crippen LogP contribution in [-0.2, 0) is 4.74 Å². The number of ether oxygens (including phenoxy) is 2. The minimum Gasteiger partial charge on any atom is -0.468 e. The van der Waals surface area contributed by atoms with E-state index < -0.39 is 0 Å². The van der Waals surface area contributed by atoms with Crippen LogP contribution < -0.4 is 4.74 Å². The third kappa shape index (κ3) is 1.68. The molecule has 2 rings (SSSR count). The van der Waals surface area contributed by atoms with Crippen molar-refractivity contribution in [2.75, 3.05) is 13.2 Å². The number of hydrogen-bond acceptors (Lipinski definition) is 4. The largest absolute Gasteiger partial charge is 0.468 e. The van der Waals surface area contributed by atoms with Gasteiger partial charge >= 0.3 is 0 Å². The predicted octanol–water partition coefficient (Wildman–Crippen LogP) is 1.04. The van der Waals surface area contributed by atoms with E-state index in [1.165, 1.54) is 0 Å². The lowest BCUT2D eigenvalue weighted by Crippen LogP contribution is -2.39. The second-order valence-corrected chi connectivity index (χ2v) is 3.19. The van der Waals surface area contributed by atoms with Crippen molar-refractivity contribution in [1.82, 2.24) is 4.98 Å². The highest BCUT2D eigenvalue weighted by molar-refractivity contribution is 5.38. The first kappa shape index (κ1) is 8.97. The SMILES string of the molecule is Cc1ccc(C#N)c(OC2COC2)n1. The summed E-state index contributed by atoms with van der Waals surface area (Å²) < 4.78 is 10.5. The van der Waals surface area contributed by atoms with Gasteiger partial charge in [0.15, 0.2) is 0 Å². The summed E-state index contributed by atoms with van der Waals surface area (Å²) in [6.07, 6.45) is 0.0522. The van der Waals surface area contributed by atoms with Gasteiger partial charge in [0.1, 0.15) is 17.7 Å². The van der Waals surface area contributed by atoms with Crippen LogP contribution in [0.4, 0.5) is 0 Å². The molecule has 72 valence electrons. The molecule has 0 radical (unpaired) electrons.